The Morgan fingerprint density at radius 1 is 0.288 bits per heavy atom. The van der Waals surface area contributed by atoms with Gasteiger partial charge in [-0.05, 0) is 90.6 Å². The first-order valence-electron chi connectivity index (χ1n) is 19.8. The number of hydrogen-bond donors (Lipinski definition) is 0. The number of nitrogens with zero attached hydrogens (tertiary/aromatic N) is 4. The van der Waals surface area contributed by atoms with Crippen molar-refractivity contribution in [1.29, 1.82) is 0 Å². The minimum atomic E-state index is 0.613. The summed E-state index contributed by atoms with van der Waals surface area (Å²) >= 11 is 0. The predicted octanol–water partition coefficient (Wildman–Crippen LogP) is 14.1. The van der Waals surface area contributed by atoms with Gasteiger partial charge in [-0.25, -0.2) is 19.9 Å². The molecule has 2 aromatic heterocycles. The SMILES string of the molecule is c1ccc(-c2nc3ccc4ccc5ccc6cc(-c7nc(-c8ccc(-c9ccc%10ccccc%10c9)cc8)nc(-c8ccc9ccccc9c8)n7)ccc6c5c4c3o2)cc1. The number of aromatic nitrogens is 4. The van der Waals surface area contributed by atoms with Gasteiger partial charge < -0.3 is 4.42 Å². The standard InChI is InChI=1S/C54H32N4O/c1-2-10-39(11-3-1)54-55-47-29-27-37-19-18-36-20-24-43-32-45(26-28-46(43)48(36)49(37)50(47)59-54)53-57-51(56-52(58-53)44-25-17-34-9-5-7-13-41(34)31-44)38-21-14-35(15-22-38)42-23-16-33-8-4-6-12-40(33)30-42/h1-32H. The fraction of sp³-hybridized carbons (Fsp3) is 0. The van der Waals surface area contributed by atoms with Gasteiger partial charge in [0.2, 0.25) is 5.89 Å². The van der Waals surface area contributed by atoms with Crippen molar-refractivity contribution in [2.45, 2.75) is 0 Å². The number of benzene rings is 10. The first-order valence-corrected chi connectivity index (χ1v) is 19.8. The molecule has 10 aromatic carbocycles. The molecule has 0 aliphatic heterocycles. The predicted molar refractivity (Wildman–Crippen MR) is 242 cm³/mol. The monoisotopic (exact) mass is 752 g/mol. The summed E-state index contributed by atoms with van der Waals surface area (Å²) in [5.74, 6) is 2.47. The third kappa shape index (κ3) is 5.71. The van der Waals surface area contributed by atoms with Crippen molar-refractivity contribution in [3.63, 3.8) is 0 Å². The first-order chi connectivity index (χ1) is 29.2. The van der Waals surface area contributed by atoms with Crippen LogP contribution >= 0.6 is 0 Å². The Kier molecular flexibility index (Phi) is 7.47. The van der Waals surface area contributed by atoms with Crippen LogP contribution in [-0.2, 0) is 0 Å². The van der Waals surface area contributed by atoms with Crippen molar-refractivity contribution in [3.8, 4) is 56.7 Å². The Bertz CT molecular complexity index is 3610. The summed E-state index contributed by atoms with van der Waals surface area (Å²) in [6, 6.07) is 67.8. The van der Waals surface area contributed by atoms with Crippen LogP contribution in [-0.4, -0.2) is 19.9 Å². The summed E-state index contributed by atoms with van der Waals surface area (Å²) in [6.07, 6.45) is 0. The summed E-state index contributed by atoms with van der Waals surface area (Å²) < 4.78 is 6.57. The molecule has 0 aliphatic rings. The van der Waals surface area contributed by atoms with Gasteiger partial charge in [0.1, 0.15) is 5.52 Å². The average Bonchev–Trinajstić information content (AvgIpc) is 3.76. The number of rotatable bonds is 5. The summed E-state index contributed by atoms with van der Waals surface area (Å²) in [4.78, 5) is 20.3. The Morgan fingerprint density at radius 3 is 1.46 bits per heavy atom. The maximum absolute atomic E-state index is 6.57. The molecule has 0 bridgehead atoms. The van der Waals surface area contributed by atoms with Gasteiger partial charge in [-0.15, -0.1) is 0 Å². The van der Waals surface area contributed by atoms with E-state index < -0.39 is 0 Å². The minimum absolute atomic E-state index is 0.613. The van der Waals surface area contributed by atoms with Crippen LogP contribution in [0.5, 0.6) is 0 Å². The van der Waals surface area contributed by atoms with E-state index in [1.807, 2.05) is 36.4 Å². The lowest BCUT2D eigenvalue weighted by molar-refractivity contribution is 0.623. The number of oxazole rings is 1. The summed E-state index contributed by atoms with van der Waals surface area (Å²) in [5.41, 5.74) is 7.64. The molecule has 12 rings (SSSR count). The summed E-state index contributed by atoms with van der Waals surface area (Å²) in [6.45, 7) is 0. The van der Waals surface area contributed by atoms with E-state index in [9.17, 15) is 0 Å². The smallest absolute Gasteiger partial charge is 0.227 e. The van der Waals surface area contributed by atoms with Crippen molar-refractivity contribution < 1.29 is 4.42 Å². The molecule has 5 heteroatoms. The zero-order valence-corrected chi connectivity index (χ0v) is 31.7. The lowest BCUT2D eigenvalue weighted by Gasteiger charge is -2.12. The molecular formula is C54H32N4O. The van der Waals surface area contributed by atoms with Crippen LogP contribution in [0, 0.1) is 0 Å². The van der Waals surface area contributed by atoms with E-state index in [4.69, 9.17) is 24.4 Å². The van der Waals surface area contributed by atoms with Crippen LogP contribution in [0.2, 0.25) is 0 Å². The maximum Gasteiger partial charge on any atom is 0.227 e. The Labute approximate surface area is 338 Å². The maximum atomic E-state index is 6.57. The van der Waals surface area contributed by atoms with Crippen molar-refractivity contribution in [2.24, 2.45) is 0 Å². The lowest BCUT2D eigenvalue weighted by Crippen LogP contribution is -2.00. The van der Waals surface area contributed by atoms with Crippen LogP contribution in [0.1, 0.15) is 0 Å². The van der Waals surface area contributed by atoms with E-state index in [1.54, 1.807) is 0 Å². The topological polar surface area (TPSA) is 64.7 Å². The molecular weight excluding hydrogens is 721 g/mol. The van der Waals surface area contributed by atoms with Crippen molar-refractivity contribution in [3.05, 3.63) is 194 Å². The molecule has 0 saturated carbocycles. The molecule has 0 fully saturated rings. The van der Waals surface area contributed by atoms with Crippen molar-refractivity contribution in [1.82, 2.24) is 19.9 Å². The molecule has 0 aliphatic carbocycles. The normalized spacial score (nSPS) is 11.7. The van der Waals surface area contributed by atoms with Crippen LogP contribution in [0.3, 0.4) is 0 Å². The molecule has 0 radical (unpaired) electrons. The second kappa shape index (κ2) is 13.3. The minimum Gasteiger partial charge on any atom is -0.435 e. The zero-order valence-electron chi connectivity index (χ0n) is 31.7. The van der Waals surface area contributed by atoms with Gasteiger partial charge in [-0.1, -0.05) is 158 Å². The molecule has 59 heavy (non-hydrogen) atoms. The molecule has 2 heterocycles. The van der Waals surface area contributed by atoms with Crippen molar-refractivity contribution in [2.75, 3.05) is 0 Å². The molecule has 5 nitrogen and oxygen atoms in total. The van der Waals surface area contributed by atoms with E-state index in [0.29, 0.717) is 23.4 Å². The third-order valence-corrected chi connectivity index (χ3v) is 11.5. The molecule has 0 unspecified atom stereocenters. The van der Waals surface area contributed by atoms with Gasteiger partial charge in [0.15, 0.2) is 23.1 Å². The Balaban J connectivity index is 1.01. The van der Waals surface area contributed by atoms with Crippen molar-refractivity contribution >= 4 is 65.0 Å². The van der Waals surface area contributed by atoms with E-state index in [-0.39, 0.29) is 0 Å². The second-order valence-electron chi connectivity index (χ2n) is 15.1. The third-order valence-electron chi connectivity index (χ3n) is 11.5. The zero-order chi connectivity index (χ0) is 38.9. The summed E-state index contributed by atoms with van der Waals surface area (Å²) in [5, 5.41) is 11.4. The fourth-order valence-electron chi connectivity index (χ4n) is 8.46. The van der Waals surface area contributed by atoms with Gasteiger partial charge in [-0.2, -0.15) is 0 Å². The first kappa shape index (κ1) is 33.2. The quantitative estimate of drug-likeness (QED) is 0.164. The van der Waals surface area contributed by atoms with E-state index in [0.717, 1.165) is 76.6 Å². The number of hydrogen-bond acceptors (Lipinski definition) is 5. The lowest BCUT2D eigenvalue weighted by atomic mass is 9.95. The molecule has 0 amide bonds. The number of fused-ring (bicyclic) bond motifs is 9. The van der Waals surface area contributed by atoms with E-state index >= 15 is 0 Å². The molecule has 274 valence electrons. The highest BCUT2D eigenvalue weighted by molar-refractivity contribution is 6.26. The second-order valence-corrected chi connectivity index (χ2v) is 15.1. The summed E-state index contributed by atoms with van der Waals surface area (Å²) in [7, 11) is 0. The van der Waals surface area contributed by atoms with Crippen LogP contribution in [0.25, 0.3) is 122 Å². The van der Waals surface area contributed by atoms with Gasteiger partial charge >= 0.3 is 0 Å². The molecule has 0 spiro atoms. The van der Waals surface area contributed by atoms with Crippen LogP contribution in [0.4, 0.5) is 0 Å². The van der Waals surface area contributed by atoms with E-state index in [2.05, 4.69) is 158 Å². The molecule has 0 N–H and O–H groups in total. The highest BCUT2D eigenvalue weighted by Crippen LogP contribution is 2.39. The van der Waals surface area contributed by atoms with Crippen LogP contribution < -0.4 is 0 Å². The average molecular weight is 753 g/mol. The fourth-order valence-corrected chi connectivity index (χ4v) is 8.46. The molecule has 0 saturated heterocycles. The Hall–Kier alpha value is -8.02. The highest BCUT2D eigenvalue weighted by Gasteiger charge is 2.17. The Morgan fingerprint density at radius 2 is 0.763 bits per heavy atom. The highest BCUT2D eigenvalue weighted by atomic mass is 16.3. The van der Waals surface area contributed by atoms with Gasteiger partial charge in [0, 0.05) is 33.0 Å². The van der Waals surface area contributed by atoms with Gasteiger partial charge in [-0.3, -0.25) is 0 Å². The van der Waals surface area contributed by atoms with Gasteiger partial charge in [0.05, 0.1) is 0 Å². The largest absolute Gasteiger partial charge is 0.435 e. The van der Waals surface area contributed by atoms with Gasteiger partial charge in [0.25, 0.3) is 0 Å². The molecule has 0 atom stereocenters. The van der Waals surface area contributed by atoms with Crippen LogP contribution in [0.15, 0.2) is 199 Å². The molecule has 12 aromatic rings. The van der Waals surface area contributed by atoms with E-state index in [1.165, 1.54) is 21.7 Å².